The molecule has 1 amide bonds. The van der Waals surface area contributed by atoms with Crippen molar-refractivity contribution in [2.24, 2.45) is 4.40 Å². The summed E-state index contributed by atoms with van der Waals surface area (Å²) in [6, 6.07) is 5.22. The SMILES string of the molecule is CN1C(C(=O)NC[C@@H]2CCCO2)=CC(c2ccc(F)cc2)=NS1(=O)=O. The molecule has 7 nitrogen and oxygen atoms in total. The van der Waals surface area contributed by atoms with E-state index in [2.05, 4.69) is 9.71 Å². The van der Waals surface area contributed by atoms with E-state index in [1.807, 2.05) is 0 Å². The summed E-state index contributed by atoms with van der Waals surface area (Å²) < 4.78 is 47.5. The molecule has 1 aromatic carbocycles. The average Bonchev–Trinajstić information content (AvgIpc) is 3.09. The van der Waals surface area contributed by atoms with E-state index < -0.39 is 21.9 Å². The van der Waals surface area contributed by atoms with Gasteiger partial charge in [0.05, 0.1) is 11.8 Å². The number of ether oxygens (including phenoxy) is 1. The Labute approximate surface area is 145 Å². The summed E-state index contributed by atoms with van der Waals surface area (Å²) in [6.45, 7) is 0.978. The highest BCUT2D eigenvalue weighted by atomic mass is 32.2. The van der Waals surface area contributed by atoms with Crippen LogP contribution in [0.1, 0.15) is 18.4 Å². The molecule has 9 heteroatoms. The number of benzene rings is 1. The fraction of sp³-hybridized carbons (Fsp3) is 0.375. The maximum Gasteiger partial charge on any atom is 0.345 e. The van der Waals surface area contributed by atoms with Crippen LogP contribution in [0, 0.1) is 5.82 Å². The van der Waals surface area contributed by atoms with Gasteiger partial charge in [-0.05, 0) is 43.2 Å². The number of hydrogen-bond acceptors (Lipinski definition) is 4. The molecule has 0 aromatic heterocycles. The van der Waals surface area contributed by atoms with Crippen molar-refractivity contribution < 1.29 is 22.3 Å². The number of nitrogens with one attached hydrogen (secondary N) is 1. The van der Waals surface area contributed by atoms with Crippen molar-refractivity contribution in [1.29, 1.82) is 0 Å². The molecule has 0 aliphatic carbocycles. The van der Waals surface area contributed by atoms with Crippen LogP contribution in [0.25, 0.3) is 0 Å². The van der Waals surface area contributed by atoms with E-state index in [1.54, 1.807) is 0 Å². The Morgan fingerprint density at radius 1 is 1.40 bits per heavy atom. The van der Waals surface area contributed by atoms with Crippen molar-refractivity contribution in [3.8, 4) is 0 Å². The summed E-state index contributed by atoms with van der Waals surface area (Å²) in [4.78, 5) is 12.4. The average molecular weight is 367 g/mol. The van der Waals surface area contributed by atoms with Crippen LogP contribution in [0.4, 0.5) is 4.39 Å². The normalized spacial score (nSPS) is 22.3. The molecule has 1 atom stereocenters. The summed E-state index contributed by atoms with van der Waals surface area (Å²) in [7, 11) is -2.77. The number of carbonyl (C=O) groups is 1. The van der Waals surface area contributed by atoms with E-state index in [0.29, 0.717) is 18.7 Å². The van der Waals surface area contributed by atoms with Crippen LogP contribution >= 0.6 is 0 Å². The third-order valence-corrected chi connectivity index (χ3v) is 5.38. The zero-order valence-corrected chi connectivity index (χ0v) is 14.4. The fourth-order valence-corrected chi connectivity index (χ4v) is 3.54. The van der Waals surface area contributed by atoms with Crippen LogP contribution < -0.4 is 5.32 Å². The second-order valence-electron chi connectivity index (χ2n) is 5.80. The van der Waals surface area contributed by atoms with Gasteiger partial charge in [0.15, 0.2) is 0 Å². The van der Waals surface area contributed by atoms with Gasteiger partial charge in [-0.3, -0.25) is 4.79 Å². The first-order chi connectivity index (χ1) is 11.9. The first kappa shape index (κ1) is 17.6. The van der Waals surface area contributed by atoms with Crippen LogP contribution in [0.5, 0.6) is 0 Å². The van der Waals surface area contributed by atoms with Crippen molar-refractivity contribution in [2.75, 3.05) is 20.2 Å². The molecule has 0 spiro atoms. The molecule has 2 aliphatic heterocycles. The van der Waals surface area contributed by atoms with Gasteiger partial charge in [-0.25, -0.2) is 8.70 Å². The maximum absolute atomic E-state index is 13.1. The van der Waals surface area contributed by atoms with Gasteiger partial charge in [0.1, 0.15) is 11.5 Å². The van der Waals surface area contributed by atoms with Gasteiger partial charge in [0.25, 0.3) is 5.91 Å². The molecule has 0 bridgehead atoms. The lowest BCUT2D eigenvalue weighted by atomic mass is 10.1. The van der Waals surface area contributed by atoms with E-state index >= 15 is 0 Å². The smallest absolute Gasteiger partial charge is 0.345 e. The molecular formula is C16H18FN3O4S. The number of rotatable bonds is 4. The highest BCUT2D eigenvalue weighted by Gasteiger charge is 2.30. The van der Waals surface area contributed by atoms with Crippen LogP contribution in [0.2, 0.25) is 0 Å². The van der Waals surface area contributed by atoms with Crippen molar-refractivity contribution in [1.82, 2.24) is 9.62 Å². The second-order valence-corrected chi connectivity index (χ2v) is 7.43. The van der Waals surface area contributed by atoms with Crippen molar-refractivity contribution in [3.05, 3.63) is 47.4 Å². The van der Waals surface area contributed by atoms with Crippen LogP contribution in [0.3, 0.4) is 0 Å². The van der Waals surface area contributed by atoms with Gasteiger partial charge >= 0.3 is 10.2 Å². The molecule has 1 N–H and O–H groups in total. The minimum atomic E-state index is -4.03. The predicted octanol–water partition coefficient (Wildman–Crippen LogP) is 0.984. The molecule has 3 rings (SSSR count). The second kappa shape index (κ2) is 6.93. The van der Waals surface area contributed by atoms with Crippen molar-refractivity contribution in [3.63, 3.8) is 0 Å². The van der Waals surface area contributed by atoms with E-state index in [9.17, 15) is 17.6 Å². The fourth-order valence-electron chi connectivity index (χ4n) is 2.62. The molecular weight excluding hydrogens is 349 g/mol. The van der Waals surface area contributed by atoms with Gasteiger partial charge in [0.2, 0.25) is 0 Å². The quantitative estimate of drug-likeness (QED) is 0.859. The van der Waals surface area contributed by atoms with Crippen molar-refractivity contribution >= 4 is 21.8 Å². The monoisotopic (exact) mass is 367 g/mol. The van der Waals surface area contributed by atoms with E-state index in [4.69, 9.17) is 4.74 Å². The Bertz CT molecular complexity index is 827. The molecule has 134 valence electrons. The number of halogens is 1. The van der Waals surface area contributed by atoms with Crippen LogP contribution in [-0.2, 0) is 19.7 Å². The highest BCUT2D eigenvalue weighted by molar-refractivity contribution is 7.88. The summed E-state index contributed by atoms with van der Waals surface area (Å²) in [5.74, 6) is -0.977. The van der Waals surface area contributed by atoms with E-state index in [0.717, 1.165) is 17.1 Å². The van der Waals surface area contributed by atoms with E-state index in [1.165, 1.54) is 37.4 Å². The number of nitrogens with zero attached hydrogens (tertiary/aromatic N) is 2. The third-order valence-electron chi connectivity index (χ3n) is 4.06. The molecule has 1 aromatic rings. The molecule has 2 heterocycles. The first-order valence-electron chi connectivity index (χ1n) is 7.83. The Morgan fingerprint density at radius 2 is 2.12 bits per heavy atom. The standard InChI is InChI=1S/C16H18FN3O4S/c1-20-15(16(21)18-10-13-3-2-8-24-13)9-14(19-25(20,22)23)11-4-6-12(17)7-5-11/h4-7,9,13H,2-3,8,10H2,1H3,(H,18,21)/t13-/m0/s1. The largest absolute Gasteiger partial charge is 0.376 e. The Balaban J connectivity index is 1.84. The van der Waals surface area contributed by atoms with Crippen LogP contribution in [-0.4, -0.2) is 50.6 Å². The maximum atomic E-state index is 13.1. The Hall–Kier alpha value is -2.26. The van der Waals surface area contributed by atoms with Crippen molar-refractivity contribution in [2.45, 2.75) is 18.9 Å². The zero-order chi connectivity index (χ0) is 18.0. The molecule has 2 aliphatic rings. The van der Waals surface area contributed by atoms with E-state index in [-0.39, 0.29) is 17.5 Å². The third kappa shape index (κ3) is 3.88. The molecule has 1 fully saturated rings. The number of carbonyl (C=O) groups excluding carboxylic acids is 1. The van der Waals surface area contributed by atoms with Gasteiger partial charge in [-0.15, -0.1) is 4.40 Å². The topological polar surface area (TPSA) is 88.1 Å². The van der Waals surface area contributed by atoms with Crippen LogP contribution in [0.15, 0.2) is 40.4 Å². The predicted molar refractivity (Wildman–Crippen MR) is 89.7 cm³/mol. The summed E-state index contributed by atoms with van der Waals surface area (Å²) >= 11 is 0. The summed E-state index contributed by atoms with van der Waals surface area (Å²) in [5.41, 5.74) is 0.440. The number of allylic oxidation sites excluding steroid dienone is 1. The molecule has 25 heavy (non-hydrogen) atoms. The summed E-state index contributed by atoms with van der Waals surface area (Å²) in [5, 5.41) is 2.69. The lowest BCUT2D eigenvalue weighted by molar-refractivity contribution is -0.118. The lowest BCUT2D eigenvalue weighted by Crippen LogP contribution is -2.40. The summed E-state index contributed by atoms with van der Waals surface area (Å²) in [6.07, 6.45) is 3.12. The minimum absolute atomic E-state index is 0.0488. The van der Waals surface area contributed by atoms with Gasteiger partial charge in [-0.1, -0.05) is 0 Å². The number of amides is 1. The number of likely N-dealkylation sites (N-methyl/N-ethyl adjacent to an activating group) is 1. The molecule has 0 saturated carbocycles. The Morgan fingerprint density at radius 3 is 2.76 bits per heavy atom. The first-order valence-corrected chi connectivity index (χ1v) is 9.23. The van der Waals surface area contributed by atoms with Gasteiger partial charge in [0, 0.05) is 25.8 Å². The van der Waals surface area contributed by atoms with Gasteiger partial charge in [-0.2, -0.15) is 8.42 Å². The molecule has 0 radical (unpaired) electrons. The Kier molecular flexibility index (Phi) is 4.87. The highest BCUT2D eigenvalue weighted by Crippen LogP contribution is 2.20. The van der Waals surface area contributed by atoms with Gasteiger partial charge < -0.3 is 10.1 Å². The lowest BCUT2D eigenvalue weighted by Gasteiger charge is -2.24. The number of hydrogen-bond donors (Lipinski definition) is 1. The zero-order valence-electron chi connectivity index (χ0n) is 13.6. The molecule has 1 saturated heterocycles. The minimum Gasteiger partial charge on any atom is -0.376 e. The molecule has 0 unspecified atom stereocenters.